The number of nitrogens with one attached hydrogen (secondary N) is 1. The highest BCUT2D eigenvalue weighted by atomic mass is 32.1. The average molecular weight is 378 g/mol. The highest BCUT2D eigenvalue weighted by molar-refractivity contribution is 7.10. The molecule has 1 aromatic rings. The minimum Gasteiger partial charge on any atom is -0.350 e. The van der Waals surface area contributed by atoms with Crippen LogP contribution < -0.4 is 5.32 Å². The van der Waals surface area contributed by atoms with Gasteiger partial charge in [0.1, 0.15) is 0 Å². The standard InChI is InChI=1S/C20H31N3O2S/c1-16-8-13-26-18(16)14-21-19(24)15-22-9-11-23(12-10-22)20(25)7-6-17-4-2-3-5-17/h8,13,17H,2-7,9-12,14-15H2,1H3,(H,21,24). The smallest absolute Gasteiger partial charge is 0.234 e. The van der Waals surface area contributed by atoms with Gasteiger partial charge in [-0.05, 0) is 36.3 Å². The van der Waals surface area contributed by atoms with E-state index >= 15 is 0 Å². The molecule has 1 aromatic heterocycles. The van der Waals surface area contributed by atoms with E-state index in [0.29, 0.717) is 25.4 Å². The van der Waals surface area contributed by atoms with Gasteiger partial charge in [0, 0.05) is 37.5 Å². The number of amides is 2. The van der Waals surface area contributed by atoms with Crippen LogP contribution in [0.15, 0.2) is 11.4 Å². The van der Waals surface area contributed by atoms with E-state index in [-0.39, 0.29) is 5.91 Å². The molecule has 2 fully saturated rings. The first kappa shape index (κ1) is 19.4. The van der Waals surface area contributed by atoms with Crippen molar-refractivity contribution in [2.45, 2.75) is 52.0 Å². The second-order valence-corrected chi connectivity index (χ2v) is 8.65. The van der Waals surface area contributed by atoms with Gasteiger partial charge < -0.3 is 10.2 Å². The van der Waals surface area contributed by atoms with Crippen LogP contribution in [0.3, 0.4) is 0 Å². The molecule has 0 aromatic carbocycles. The first-order chi connectivity index (χ1) is 12.6. The highest BCUT2D eigenvalue weighted by Gasteiger charge is 2.23. The van der Waals surface area contributed by atoms with Crippen LogP contribution >= 0.6 is 11.3 Å². The van der Waals surface area contributed by atoms with Gasteiger partial charge in [-0.15, -0.1) is 11.3 Å². The van der Waals surface area contributed by atoms with E-state index in [2.05, 4.69) is 28.6 Å². The van der Waals surface area contributed by atoms with Gasteiger partial charge in [0.15, 0.2) is 0 Å². The molecule has 0 unspecified atom stereocenters. The normalized spacial score (nSPS) is 19.0. The first-order valence-electron chi connectivity index (χ1n) is 9.91. The van der Waals surface area contributed by atoms with Crippen molar-refractivity contribution in [3.05, 3.63) is 21.9 Å². The minimum atomic E-state index is 0.0683. The number of rotatable bonds is 7. The van der Waals surface area contributed by atoms with Crippen LogP contribution in [0.1, 0.15) is 49.0 Å². The summed E-state index contributed by atoms with van der Waals surface area (Å²) in [5.41, 5.74) is 1.24. The molecule has 1 saturated carbocycles. The van der Waals surface area contributed by atoms with Crippen LogP contribution in [0.2, 0.25) is 0 Å². The van der Waals surface area contributed by atoms with E-state index in [0.717, 1.165) is 38.5 Å². The fourth-order valence-electron chi connectivity index (χ4n) is 3.96. The van der Waals surface area contributed by atoms with Gasteiger partial charge in [0.2, 0.25) is 11.8 Å². The second-order valence-electron chi connectivity index (χ2n) is 7.65. The zero-order valence-corrected chi connectivity index (χ0v) is 16.7. The van der Waals surface area contributed by atoms with E-state index in [1.807, 2.05) is 4.90 Å². The summed E-state index contributed by atoms with van der Waals surface area (Å²) in [4.78, 5) is 29.9. The van der Waals surface area contributed by atoms with Gasteiger partial charge in [-0.25, -0.2) is 0 Å². The van der Waals surface area contributed by atoms with Crippen LogP contribution in [0.25, 0.3) is 0 Å². The Labute approximate surface area is 160 Å². The number of aryl methyl sites for hydroxylation is 1. The molecule has 3 rings (SSSR count). The van der Waals surface area contributed by atoms with Crippen molar-refractivity contribution < 1.29 is 9.59 Å². The minimum absolute atomic E-state index is 0.0683. The summed E-state index contributed by atoms with van der Waals surface area (Å²) < 4.78 is 0. The van der Waals surface area contributed by atoms with Crippen molar-refractivity contribution >= 4 is 23.2 Å². The summed E-state index contributed by atoms with van der Waals surface area (Å²) in [6, 6.07) is 2.08. The lowest BCUT2D eigenvalue weighted by Gasteiger charge is -2.34. The topological polar surface area (TPSA) is 52.7 Å². The number of nitrogens with zero attached hydrogens (tertiary/aromatic N) is 2. The maximum atomic E-state index is 12.4. The third-order valence-corrected chi connectivity index (χ3v) is 6.77. The number of carbonyl (C=O) groups is 2. The molecule has 1 N–H and O–H groups in total. The molecule has 2 heterocycles. The van der Waals surface area contributed by atoms with Gasteiger partial charge in [0.25, 0.3) is 0 Å². The van der Waals surface area contributed by atoms with E-state index in [1.54, 1.807) is 11.3 Å². The van der Waals surface area contributed by atoms with Crippen LogP contribution in [0.5, 0.6) is 0 Å². The summed E-state index contributed by atoms with van der Waals surface area (Å²) in [6.45, 7) is 6.19. The van der Waals surface area contributed by atoms with Crippen molar-refractivity contribution in [3.63, 3.8) is 0 Å². The largest absolute Gasteiger partial charge is 0.350 e. The van der Waals surface area contributed by atoms with E-state index in [9.17, 15) is 9.59 Å². The molecule has 1 aliphatic heterocycles. The van der Waals surface area contributed by atoms with Gasteiger partial charge in [-0.3, -0.25) is 14.5 Å². The number of carbonyl (C=O) groups excluding carboxylic acids is 2. The lowest BCUT2D eigenvalue weighted by Crippen LogP contribution is -2.51. The van der Waals surface area contributed by atoms with Crippen LogP contribution in [0.4, 0.5) is 0 Å². The van der Waals surface area contributed by atoms with Crippen LogP contribution in [0, 0.1) is 12.8 Å². The predicted molar refractivity (Wildman–Crippen MR) is 105 cm³/mol. The third-order valence-electron chi connectivity index (χ3n) is 5.75. The molecule has 26 heavy (non-hydrogen) atoms. The Morgan fingerprint density at radius 3 is 2.58 bits per heavy atom. The van der Waals surface area contributed by atoms with Gasteiger partial charge in [0.05, 0.1) is 13.1 Å². The lowest BCUT2D eigenvalue weighted by atomic mass is 10.0. The summed E-state index contributed by atoms with van der Waals surface area (Å²) in [6.07, 6.45) is 7.05. The van der Waals surface area contributed by atoms with E-state index < -0.39 is 0 Å². The molecule has 0 spiro atoms. The molecular weight excluding hydrogens is 346 g/mol. The number of hydrogen-bond donors (Lipinski definition) is 1. The van der Waals surface area contributed by atoms with E-state index in [1.165, 1.54) is 36.1 Å². The first-order valence-corrected chi connectivity index (χ1v) is 10.8. The maximum Gasteiger partial charge on any atom is 0.234 e. The number of thiophene rings is 1. The summed E-state index contributed by atoms with van der Waals surface area (Å²) in [5.74, 6) is 1.14. The Balaban J connectivity index is 1.32. The molecule has 144 valence electrons. The lowest BCUT2D eigenvalue weighted by molar-refractivity contribution is -0.133. The van der Waals surface area contributed by atoms with Crippen molar-refractivity contribution in [2.24, 2.45) is 5.92 Å². The zero-order valence-electron chi connectivity index (χ0n) is 15.8. The van der Waals surface area contributed by atoms with Gasteiger partial charge in [-0.1, -0.05) is 25.7 Å². The molecule has 2 aliphatic rings. The molecule has 6 heteroatoms. The molecule has 0 bridgehead atoms. The zero-order chi connectivity index (χ0) is 18.4. The molecule has 1 aliphatic carbocycles. The molecule has 5 nitrogen and oxygen atoms in total. The SMILES string of the molecule is Cc1ccsc1CNC(=O)CN1CCN(C(=O)CCC2CCCC2)CC1. The predicted octanol–water partition coefficient (Wildman–Crippen LogP) is 2.79. The Kier molecular flexibility index (Phi) is 7.08. The van der Waals surface area contributed by atoms with Crippen LogP contribution in [-0.2, 0) is 16.1 Å². The average Bonchev–Trinajstić information content (AvgIpc) is 3.30. The summed E-state index contributed by atoms with van der Waals surface area (Å²) in [5, 5.41) is 5.06. The molecule has 0 atom stereocenters. The fourth-order valence-corrected chi connectivity index (χ4v) is 4.81. The van der Waals surface area contributed by atoms with Gasteiger partial charge >= 0.3 is 0 Å². The van der Waals surface area contributed by atoms with E-state index in [4.69, 9.17) is 0 Å². The maximum absolute atomic E-state index is 12.4. The quantitative estimate of drug-likeness (QED) is 0.795. The van der Waals surface area contributed by atoms with Crippen molar-refractivity contribution in [3.8, 4) is 0 Å². The molecular formula is C20H31N3O2S. The van der Waals surface area contributed by atoms with Crippen molar-refractivity contribution in [1.29, 1.82) is 0 Å². The fraction of sp³-hybridized carbons (Fsp3) is 0.700. The Hall–Kier alpha value is -1.40. The Morgan fingerprint density at radius 2 is 1.92 bits per heavy atom. The Morgan fingerprint density at radius 1 is 1.19 bits per heavy atom. The second kappa shape index (κ2) is 9.51. The van der Waals surface area contributed by atoms with Crippen LogP contribution in [-0.4, -0.2) is 54.3 Å². The molecule has 0 radical (unpaired) electrons. The summed E-state index contributed by atoms with van der Waals surface area (Å²) >= 11 is 1.68. The van der Waals surface area contributed by atoms with Crippen molar-refractivity contribution in [2.75, 3.05) is 32.7 Å². The summed E-state index contributed by atoms with van der Waals surface area (Å²) in [7, 11) is 0. The number of hydrogen-bond acceptors (Lipinski definition) is 4. The molecule has 1 saturated heterocycles. The highest BCUT2D eigenvalue weighted by Crippen LogP contribution is 2.28. The van der Waals surface area contributed by atoms with Crippen molar-refractivity contribution in [1.82, 2.24) is 15.1 Å². The monoisotopic (exact) mass is 377 g/mol. The number of piperazine rings is 1. The Bertz CT molecular complexity index is 602. The third kappa shape index (κ3) is 5.55. The molecule has 2 amide bonds. The van der Waals surface area contributed by atoms with Gasteiger partial charge in [-0.2, -0.15) is 0 Å².